The van der Waals surface area contributed by atoms with E-state index in [1.807, 2.05) is 6.07 Å². The van der Waals surface area contributed by atoms with Gasteiger partial charge >= 0.3 is 0 Å². The maximum Gasteiger partial charge on any atom is 0.116 e. The van der Waals surface area contributed by atoms with Gasteiger partial charge in [-0.3, -0.25) is 0 Å². The van der Waals surface area contributed by atoms with Crippen molar-refractivity contribution in [2.75, 3.05) is 24.5 Å². The van der Waals surface area contributed by atoms with Crippen LogP contribution in [-0.4, -0.2) is 24.7 Å². The van der Waals surface area contributed by atoms with Crippen molar-refractivity contribution < 1.29 is 5.11 Å². The molecular weight excluding hydrogens is 248 g/mol. The van der Waals surface area contributed by atoms with Gasteiger partial charge in [-0.05, 0) is 41.3 Å². The Morgan fingerprint density at radius 3 is 2.95 bits per heavy atom. The number of rotatable bonds is 0. The average molecular weight is 266 g/mol. The summed E-state index contributed by atoms with van der Waals surface area (Å²) in [5.41, 5.74) is 5.28. The number of phenols is 1. The van der Waals surface area contributed by atoms with E-state index in [4.69, 9.17) is 0 Å². The molecule has 2 heterocycles. The van der Waals surface area contributed by atoms with Crippen LogP contribution in [0.5, 0.6) is 5.75 Å². The van der Waals surface area contributed by atoms with Gasteiger partial charge in [0.15, 0.2) is 0 Å². The number of nitrogens with zero attached hydrogens (tertiary/aromatic N) is 1. The van der Waals surface area contributed by atoms with Crippen LogP contribution in [0.4, 0.5) is 5.69 Å². The first-order valence-corrected chi connectivity index (χ1v) is 7.20. The van der Waals surface area contributed by atoms with Gasteiger partial charge in [0.25, 0.3) is 0 Å². The fraction of sp³-hybridized carbons (Fsp3) is 0.294. The summed E-state index contributed by atoms with van der Waals surface area (Å²) in [5, 5.41) is 13.3. The van der Waals surface area contributed by atoms with Crippen molar-refractivity contribution in [3.63, 3.8) is 0 Å². The number of fused-ring (bicyclic) bond motifs is 5. The molecule has 0 unspecified atom stereocenters. The third kappa shape index (κ3) is 1.78. The van der Waals surface area contributed by atoms with Gasteiger partial charge in [-0.2, -0.15) is 0 Å². The molecule has 2 aromatic carbocycles. The summed E-state index contributed by atoms with van der Waals surface area (Å²) >= 11 is 0. The summed E-state index contributed by atoms with van der Waals surface area (Å²) < 4.78 is 0. The molecule has 0 amide bonds. The van der Waals surface area contributed by atoms with Crippen LogP contribution in [0.2, 0.25) is 0 Å². The molecule has 1 atom stereocenters. The van der Waals surface area contributed by atoms with Gasteiger partial charge in [-0.15, -0.1) is 0 Å². The molecule has 0 aromatic heterocycles. The van der Waals surface area contributed by atoms with E-state index >= 15 is 0 Å². The third-order valence-corrected chi connectivity index (χ3v) is 4.41. The molecule has 0 spiro atoms. The topological polar surface area (TPSA) is 35.5 Å². The Kier molecular flexibility index (Phi) is 2.67. The number of hydrogen-bond acceptors (Lipinski definition) is 3. The first kappa shape index (κ1) is 11.8. The Balaban J connectivity index is 1.92. The Hall–Kier alpha value is -2.00. The molecule has 3 heteroatoms. The number of anilines is 1. The molecule has 102 valence electrons. The van der Waals surface area contributed by atoms with Gasteiger partial charge in [0, 0.05) is 25.3 Å². The van der Waals surface area contributed by atoms with E-state index in [1.54, 1.807) is 6.07 Å². The number of piperazine rings is 1. The highest BCUT2D eigenvalue weighted by Crippen LogP contribution is 2.38. The fourth-order valence-corrected chi connectivity index (χ4v) is 3.49. The molecule has 2 N–H and O–H groups in total. The second-order valence-electron chi connectivity index (χ2n) is 5.60. The van der Waals surface area contributed by atoms with Crippen molar-refractivity contribution in [1.29, 1.82) is 0 Å². The largest absolute Gasteiger partial charge is 0.508 e. The summed E-state index contributed by atoms with van der Waals surface area (Å²) in [7, 11) is 0. The van der Waals surface area contributed by atoms with Gasteiger partial charge in [-0.1, -0.05) is 24.3 Å². The zero-order valence-corrected chi connectivity index (χ0v) is 11.3. The number of phenolic OH excluding ortho intramolecular Hbond substituents is 1. The van der Waals surface area contributed by atoms with Crippen molar-refractivity contribution in [2.24, 2.45) is 0 Å². The van der Waals surface area contributed by atoms with E-state index in [0.717, 1.165) is 26.1 Å². The molecule has 0 aliphatic carbocycles. The number of nitrogens with one attached hydrogen (secondary N) is 1. The van der Waals surface area contributed by atoms with Crippen molar-refractivity contribution in [1.82, 2.24) is 5.32 Å². The Bertz CT molecular complexity index is 653. The van der Waals surface area contributed by atoms with Crippen LogP contribution < -0.4 is 10.2 Å². The van der Waals surface area contributed by atoms with E-state index in [9.17, 15) is 5.11 Å². The molecule has 0 bridgehead atoms. The molecule has 4 rings (SSSR count). The molecule has 2 aromatic rings. The van der Waals surface area contributed by atoms with Gasteiger partial charge < -0.3 is 15.3 Å². The van der Waals surface area contributed by atoms with Crippen LogP contribution in [0.15, 0.2) is 42.5 Å². The van der Waals surface area contributed by atoms with Crippen LogP contribution in [0.3, 0.4) is 0 Å². The molecule has 0 saturated carbocycles. The molecule has 3 nitrogen and oxygen atoms in total. The minimum Gasteiger partial charge on any atom is -0.508 e. The molecular formula is C17H18N2O. The first-order valence-electron chi connectivity index (χ1n) is 7.20. The average Bonchev–Trinajstić information content (AvgIpc) is 2.61. The number of benzene rings is 2. The van der Waals surface area contributed by atoms with Gasteiger partial charge in [0.2, 0.25) is 0 Å². The van der Waals surface area contributed by atoms with Crippen molar-refractivity contribution >= 4 is 5.69 Å². The Labute approximate surface area is 118 Å². The normalized spacial score (nSPS) is 20.6. The van der Waals surface area contributed by atoms with E-state index in [-0.39, 0.29) is 0 Å². The monoisotopic (exact) mass is 266 g/mol. The predicted octanol–water partition coefficient (Wildman–Crippen LogP) is 2.45. The highest BCUT2D eigenvalue weighted by molar-refractivity contribution is 5.62. The fourth-order valence-electron chi connectivity index (χ4n) is 3.49. The van der Waals surface area contributed by atoms with Crippen molar-refractivity contribution in [3.05, 3.63) is 59.2 Å². The SMILES string of the molecule is Oc1ccc2c(c1)Cc1ccccc1[C@H]1CNCCN21. The number of hydrogen-bond donors (Lipinski definition) is 2. The van der Waals surface area contributed by atoms with Gasteiger partial charge in [0.05, 0.1) is 6.04 Å². The van der Waals surface area contributed by atoms with E-state index in [2.05, 4.69) is 40.5 Å². The smallest absolute Gasteiger partial charge is 0.116 e. The molecule has 2 aliphatic heterocycles. The summed E-state index contributed by atoms with van der Waals surface area (Å²) in [4.78, 5) is 2.48. The van der Waals surface area contributed by atoms with Crippen LogP contribution in [0.25, 0.3) is 0 Å². The minimum absolute atomic E-state index is 0.356. The quantitative estimate of drug-likeness (QED) is 0.769. The zero-order chi connectivity index (χ0) is 13.5. The van der Waals surface area contributed by atoms with Gasteiger partial charge in [0.1, 0.15) is 5.75 Å². The molecule has 1 fully saturated rings. The molecule has 1 saturated heterocycles. The van der Waals surface area contributed by atoms with E-state index in [1.165, 1.54) is 22.4 Å². The van der Waals surface area contributed by atoms with Gasteiger partial charge in [-0.25, -0.2) is 0 Å². The molecule has 0 radical (unpaired) electrons. The van der Waals surface area contributed by atoms with Crippen molar-refractivity contribution in [2.45, 2.75) is 12.5 Å². The first-order chi connectivity index (χ1) is 9.83. The lowest BCUT2D eigenvalue weighted by Crippen LogP contribution is -2.46. The minimum atomic E-state index is 0.356. The van der Waals surface area contributed by atoms with Crippen molar-refractivity contribution in [3.8, 4) is 5.75 Å². The lowest BCUT2D eigenvalue weighted by atomic mass is 9.96. The van der Waals surface area contributed by atoms with Crippen LogP contribution in [-0.2, 0) is 6.42 Å². The number of aromatic hydroxyl groups is 1. The standard InChI is InChI=1S/C17H18N2O/c20-14-5-6-16-13(10-14)9-12-3-1-2-4-15(12)17-11-18-7-8-19(16)17/h1-6,10,17-18,20H,7-9,11H2/t17-/m1/s1. The second kappa shape index (κ2) is 4.53. The lowest BCUT2D eigenvalue weighted by Gasteiger charge is -2.38. The summed E-state index contributed by atoms with van der Waals surface area (Å²) in [6.45, 7) is 3.01. The van der Waals surface area contributed by atoms with E-state index in [0.29, 0.717) is 11.8 Å². The molecule has 20 heavy (non-hydrogen) atoms. The maximum atomic E-state index is 9.79. The Morgan fingerprint density at radius 1 is 1.10 bits per heavy atom. The lowest BCUT2D eigenvalue weighted by molar-refractivity contribution is 0.473. The highest BCUT2D eigenvalue weighted by Gasteiger charge is 2.30. The summed E-state index contributed by atoms with van der Waals surface area (Å²) in [6.07, 6.45) is 0.896. The Morgan fingerprint density at radius 2 is 2.00 bits per heavy atom. The third-order valence-electron chi connectivity index (χ3n) is 4.41. The molecule has 2 aliphatic rings. The van der Waals surface area contributed by atoms with Crippen LogP contribution >= 0.6 is 0 Å². The second-order valence-corrected chi connectivity index (χ2v) is 5.60. The maximum absolute atomic E-state index is 9.79. The summed E-state index contributed by atoms with van der Waals surface area (Å²) in [6, 6.07) is 14.9. The highest BCUT2D eigenvalue weighted by atomic mass is 16.3. The van der Waals surface area contributed by atoms with Crippen LogP contribution in [0, 0.1) is 0 Å². The van der Waals surface area contributed by atoms with E-state index < -0.39 is 0 Å². The summed E-state index contributed by atoms with van der Waals surface area (Å²) in [5.74, 6) is 0.356. The predicted molar refractivity (Wildman–Crippen MR) is 80.3 cm³/mol. The van der Waals surface area contributed by atoms with Crippen LogP contribution in [0.1, 0.15) is 22.7 Å². The zero-order valence-electron chi connectivity index (χ0n) is 11.3.